The number of thiocarbonyl (C=S) groups is 1. The van der Waals surface area contributed by atoms with E-state index in [2.05, 4.69) is 34.4 Å². The normalized spacial score (nSPS) is 21.4. The third-order valence-corrected chi connectivity index (χ3v) is 7.60. The molecular weight excluding hydrogens is 501 g/mol. The van der Waals surface area contributed by atoms with Crippen LogP contribution >= 0.6 is 24.0 Å². The van der Waals surface area contributed by atoms with Crippen molar-refractivity contribution in [3.05, 3.63) is 112 Å². The Kier molecular flexibility index (Phi) is 9.03. The van der Waals surface area contributed by atoms with E-state index >= 15 is 4.39 Å². The fraction of sp³-hybridized carbons (Fsp3) is 0.241. The van der Waals surface area contributed by atoms with Crippen LogP contribution in [0.2, 0.25) is 0 Å². The van der Waals surface area contributed by atoms with Crippen molar-refractivity contribution in [3.8, 4) is 0 Å². The molecule has 0 saturated carbocycles. The summed E-state index contributed by atoms with van der Waals surface area (Å²) in [5, 5.41) is 8.98. The average Bonchev–Trinajstić information content (AvgIpc) is 3.21. The van der Waals surface area contributed by atoms with Crippen molar-refractivity contribution in [2.45, 2.75) is 25.9 Å². The van der Waals surface area contributed by atoms with Gasteiger partial charge in [-0.1, -0.05) is 84.7 Å². The van der Waals surface area contributed by atoms with E-state index in [1.165, 1.54) is 0 Å². The molecule has 1 aliphatic heterocycles. The number of hydrogen-bond donors (Lipinski definition) is 3. The van der Waals surface area contributed by atoms with E-state index in [1.807, 2.05) is 53.5 Å². The van der Waals surface area contributed by atoms with Gasteiger partial charge in [0.05, 0.1) is 15.6 Å². The number of hydrogen-bond acceptors (Lipinski definition) is 6. The molecule has 0 fully saturated rings. The molecule has 4 N–H and O–H groups in total. The van der Waals surface area contributed by atoms with Gasteiger partial charge in [0.1, 0.15) is 17.0 Å². The lowest BCUT2D eigenvalue weighted by atomic mass is 9.85. The Morgan fingerprint density at radius 2 is 2.14 bits per heavy atom. The van der Waals surface area contributed by atoms with Gasteiger partial charge in [-0.25, -0.2) is 9.82 Å². The van der Waals surface area contributed by atoms with Gasteiger partial charge in [-0.2, -0.15) is 0 Å². The Balaban J connectivity index is 1.85. The van der Waals surface area contributed by atoms with Crippen LogP contribution in [0.25, 0.3) is 0 Å². The second-order valence-electron chi connectivity index (χ2n) is 8.72. The van der Waals surface area contributed by atoms with Gasteiger partial charge in [0.2, 0.25) is 0 Å². The molecule has 37 heavy (non-hydrogen) atoms. The van der Waals surface area contributed by atoms with Gasteiger partial charge >= 0.3 is 0 Å². The van der Waals surface area contributed by atoms with Gasteiger partial charge in [0, 0.05) is 30.7 Å². The molecule has 2 unspecified atom stereocenters. The summed E-state index contributed by atoms with van der Waals surface area (Å²) >= 11 is 6.62. The fourth-order valence-corrected chi connectivity index (χ4v) is 5.78. The maximum Gasteiger partial charge on any atom is 0.146 e. The summed E-state index contributed by atoms with van der Waals surface area (Å²) < 4.78 is 16.5. The van der Waals surface area contributed by atoms with Gasteiger partial charge in [-0.3, -0.25) is 16.2 Å². The predicted octanol–water partition coefficient (Wildman–Crippen LogP) is 5.92. The highest BCUT2D eigenvalue weighted by Gasteiger charge is 2.38. The molecule has 1 aromatic carbocycles. The predicted molar refractivity (Wildman–Crippen MR) is 157 cm³/mol. The minimum atomic E-state index is -0.728. The second-order valence-corrected chi connectivity index (χ2v) is 10.4. The molecule has 0 amide bonds. The van der Waals surface area contributed by atoms with E-state index < -0.39 is 12.0 Å². The lowest BCUT2D eigenvalue weighted by Gasteiger charge is -2.33. The van der Waals surface area contributed by atoms with Crippen LogP contribution in [-0.4, -0.2) is 40.4 Å². The first-order valence-electron chi connectivity index (χ1n) is 12.1. The maximum absolute atomic E-state index is 16.5. The van der Waals surface area contributed by atoms with Crippen molar-refractivity contribution in [1.29, 1.82) is 5.41 Å². The van der Waals surface area contributed by atoms with E-state index in [1.54, 1.807) is 20.0 Å². The zero-order valence-electron chi connectivity index (χ0n) is 20.9. The van der Waals surface area contributed by atoms with Crippen LogP contribution in [-0.2, 0) is 0 Å². The Morgan fingerprint density at radius 3 is 2.73 bits per heavy atom. The molecule has 8 heteroatoms. The lowest BCUT2D eigenvalue weighted by molar-refractivity contribution is 0.330. The monoisotopic (exact) mass is 531 g/mol. The van der Waals surface area contributed by atoms with Gasteiger partial charge in [0.25, 0.3) is 0 Å². The molecule has 4 rings (SSSR count). The summed E-state index contributed by atoms with van der Waals surface area (Å²) in [4.78, 5) is 7.32. The quantitative estimate of drug-likeness (QED) is 0.0970. The number of nitrogens with zero attached hydrogens (tertiary/aromatic N) is 2. The highest BCUT2D eigenvalue weighted by atomic mass is 32.2. The van der Waals surface area contributed by atoms with Crippen molar-refractivity contribution in [2.24, 2.45) is 16.8 Å². The van der Waals surface area contributed by atoms with Crippen molar-refractivity contribution >= 4 is 39.7 Å². The largest absolute Gasteiger partial charge is 0.341 e. The SMILES string of the molecule is CN=C(/C(=C1\C(=N)SC(C(NN)N(CC2=CCCC=C2)C(C)=S)=C1F)C1C=C=CC=C1)c1ccccc1. The Morgan fingerprint density at radius 1 is 1.35 bits per heavy atom. The smallest absolute Gasteiger partial charge is 0.146 e. The van der Waals surface area contributed by atoms with Crippen LogP contribution in [0.15, 0.2) is 111 Å². The van der Waals surface area contributed by atoms with Gasteiger partial charge in [-0.15, -0.1) is 5.73 Å². The van der Waals surface area contributed by atoms with Crippen LogP contribution in [0.5, 0.6) is 0 Å². The topological polar surface area (TPSA) is 77.5 Å². The molecule has 3 aliphatic rings. The Bertz CT molecular complexity index is 1330. The van der Waals surface area contributed by atoms with E-state index in [9.17, 15) is 0 Å². The summed E-state index contributed by atoms with van der Waals surface area (Å²) in [6, 6.07) is 9.65. The minimum Gasteiger partial charge on any atom is -0.341 e. The maximum atomic E-state index is 16.5. The molecule has 190 valence electrons. The zero-order valence-corrected chi connectivity index (χ0v) is 22.5. The number of nitrogens with two attached hydrogens (primary N) is 1. The minimum absolute atomic E-state index is 0.106. The van der Waals surface area contributed by atoms with Crippen LogP contribution in [0.1, 0.15) is 25.3 Å². The first kappa shape index (κ1) is 26.9. The number of nitrogens with one attached hydrogen (secondary N) is 2. The summed E-state index contributed by atoms with van der Waals surface area (Å²) in [6.07, 6.45) is 15.1. The van der Waals surface area contributed by atoms with E-state index in [4.69, 9.17) is 23.5 Å². The van der Waals surface area contributed by atoms with E-state index in [-0.39, 0.29) is 16.5 Å². The van der Waals surface area contributed by atoms with Crippen LogP contribution in [0.4, 0.5) is 4.39 Å². The number of rotatable bonds is 8. The fourth-order valence-electron chi connectivity index (χ4n) is 4.59. The van der Waals surface area contributed by atoms with Crippen LogP contribution in [0, 0.1) is 11.3 Å². The number of allylic oxidation sites excluding steroid dienone is 7. The molecule has 0 bridgehead atoms. The molecule has 5 nitrogen and oxygen atoms in total. The number of halogens is 1. The van der Waals surface area contributed by atoms with Crippen LogP contribution in [0.3, 0.4) is 0 Å². The molecule has 0 radical (unpaired) electrons. The molecule has 1 heterocycles. The summed E-state index contributed by atoms with van der Waals surface area (Å²) in [5.74, 6) is 5.21. The number of thioether (sulfide) groups is 1. The van der Waals surface area contributed by atoms with Gasteiger partial charge in [0.15, 0.2) is 0 Å². The highest BCUT2D eigenvalue weighted by Crippen LogP contribution is 2.44. The molecule has 0 spiro atoms. The highest BCUT2D eigenvalue weighted by molar-refractivity contribution is 8.18. The summed E-state index contributed by atoms with van der Waals surface area (Å²) in [7, 11) is 1.69. The first-order valence-corrected chi connectivity index (χ1v) is 13.3. The molecular formula is C29H30FN5S2. The van der Waals surface area contributed by atoms with Gasteiger partial charge < -0.3 is 4.90 Å². The number of aliphatic imine (C=N–C) groups is 1. The summed E-state index contributed by atoms with van der Waals surface area (Å²) in [5.41, 5.74) is 9.29. The molecule has 2 atom stereocenters. The standard InChI is InChI=1S/C29H30FN5S2/c1-19(36)35(18-20-12-6-3-7-13-20)29(34-32)27-25(30)24(28(31)37-27)23(21-14-8-4-9-15-21)26(33-2)22-16-10-5-11-17-22/h4-6,8,10-17,21,29,31,34H,3,7,18,32H2,1-2H3/b24-23-,31-28?,33-26?. The number of hydrazine groups is 1. The molecule has 0 aromatic heterocycles. The average molecular weight is 532 g/mol. The van der Waals surface area contributed by atoms with E-state index in [0.717, 1.165) is 35.7 Å². The molecule has 0 saturated heterocycles. The molecule has 1 aromatic rings. The second kappa shape index (κ2) is 12.4. The third-order valence-electron chi connectivity index (χ3n) is 6.34. The lowest BCUT2D eigenvalue weighted by Crippen LogP contribution is -2.51. The molecule has 2 aliphatic carbocycles. The zero-order chi connectivity index (χ0) is 26.4. The first-order chi connectivity index (χ1) is 18.0. The Labute approximate surface area is 227 Å². The van der Waals surface area contributed by atoms with Gasteiger partial charge in [-0.05, 0) is 43.1 Å². The summed E-state index contributed by atoms with van der Waals surface area (Å²) in [6.45, 7) is 2.29. The van der Waals surface area contributed by atoms with Crippen LogP contribution < -0.4 is 11.3 Å². The number of benzene rings is 1. The van der Waals surface area contributed by atoms with E-state index in [0.29, 0.717) is 27.7 Å². The van der Waals surface area contributed by atoms with Crippen molar-refractivity contribution < 1.29 is 4.39 Å². The van der Waals surface area contributed by atoms with Crippen molar-refractivity contribution in [2.75, 3.05) is 13.6 Å². The third kappa shape index (κ3) is 5.90. The van der Waals surface area contributed by atoms with Crippen molar-refractivity contribution in [1.82, 2.24) is 10.3 Å². The Hall–Kier alpha value is -3.13. The van der Waals surface area contributed by atoms with Crippen molar-refractivity contribution in [3.63, 3.8) is 0 Å².